The molecule has 1 N–H and O–H groups in total. The summed E-state index contributed by atoms with van der Waals surface area (Å²) in [5.41, 5.74) is 3.65. The SMILES string of the molecule is COc1ccc(CCNCc2ccccc2OCc2ccccc2)cc1. The lowest BCUT2D eigenvalue weighted by atomic mass is 10.1. The zero-order chi connectivity index (χ0) is 18.0. The molecule has 0 amide bonds. The Hall–Kier alpha value is -2.78. The van der Waals surface area contributed by atoms with Crippen LogP contribution in [0.15, 0.2) is 78.9 Å². The van der Waals surface area contributed by atoms with Crippen LogP contribution < -0.4 is 14.8 Å². The second-order valence-corrected chi connectivity index (χ2v) is 6.16. The molecule has 0 spiro atoms. The molecule has 3 nitrogen and oxygen atoms in total. The van der Waals surface area contributed by atoms with Crippen LogP contribution in [0.1, 0.15) is 16.7 Å². The Kier molecular flexibility index (Phi) is 6.68. The van der Waals surface area contributed by atoms with Crippen molar-refractivity contribution < 1.29 is 9.47 Å². The Labute approximate surface area is 155 Å². The zero-order valence-corrected chi connectivity index (χ0v) is 15.2. The average molecular weight is 347 g/mol. The summed E-state index contributed by atoms with van der Waals surface area (Å²) in [5, 5.41) is 3.51. The second-order valence-electron chi connectivity index (χ2n) is 6.16. The molecule has 3 aromatic rings. The van der Waals surface area contributed by atoms with Crippen LogP contribution in [0.25, 0.3) is 0 Å². The second kappa shape index (κ2) is 9.64. The summed E-state index contributed by atoms with van der Waals surface area (Å²) < 4.78 is 11.2. The van der Waals surface area contributed by atoms with Crippen molar-refractivity contribution in [2.24, 2.45) is 0 Å². The first-order valence-electron chi connectivity index (χ1n) is 8.93. The van der Waals surface area contributed by atoms with Gasteiger partial charge in [-0.25, -0.2) is 0 Å². The molecule has 0 aliphatic rings. The fourth-order valence-electron chi connectivity index (χ4n) is 2.77. The van der Waals surface area contributed by atoms with Crippen LogP contribution in [0.2, 0.25) is 0 Å². The molecule has 0 aromatic heterocycles. The molecule has 0 aliphatic heterocycles. The Balaban J connectivity index is 1.48. The highest BCUT2D eigenvalue weighted by molar-refractivity contribution is 5.33. The topological polar surface area (TPSA) is 30.5 Å². The lowest BCUT2D eigenvalue weighted by Gasteiger charge is -2.12. The van der Waals surface area contributed by atoms with Gasteiger partial charge < -0.3 is 14.8 Å². The van der Waals surface area contributed by atoms with Crippen molar-refractivity contribution in [3.63, 3.8) is 0 Å². The lowest BCUT2D eigenvalue weighted by Crippen LogP contribution is -2.17. The summed E-state index contributed by atoms with van der Waals surface area (Å²) in [6, 6.07) is 26.7. The van der Waals surface area contributed by atoms with Crippen LogP contribution in [0.3, 0.4) is 0 Å². The smallest absolute Gasteiger partial charge is 0.124 e. The molecule has 3 heteroatoms. The van der Waals surface area contributed by atoms with Gasteiger partial charge in [-0.05, 0) is 42.3 Å². The maximum atomic E-state index is 6.01. The maximum Gasteiger partial charge on any atom is 0.124 e. The predicted octanol–water partition coefficient (Wildman–Crippen LogP) is 4.61. The van der Waals surface area contributed by atoms with Crippen molar-refractivity contribution in [2.75, 3.05) is 13.7 Å². The van der Waals surface area contributed by atoms with Gasteiger partial charge in [-0.15, -0.1) is 0 Å². The van der Waals surface area contributed by atoms with Gasteiger partial charge in [0.2, 0.25) is 0 Å². The summed E-state index contributed by atoms with van der Waals surface area (Å²) in [4.78, 5) is 0. The minimum atomic E-state index is 0.587. The number of nitrogens with one attached hydrogen (secondary N) is 1. The standard InChI is InChI=1S/C23H25NO2/c1-25-22-13-11-19(12-14-22)15-16-24-17-21-9-5-6-10-23(21)26-18-20-7-3-2-4-8-20/h2-14,24H,15-18H2,1H3. The fraction of sp³-hybridized carbons (Fsp3) is 0.217. The van der Waals surface area contributed by atoms with E-state index in [1.807, 2.05) is 42.5 Å². The van der Waals surface area contributed by atoms with Crippen molar-refractivity contribution >= 4 is 0 Å². The van der Waals surface area contributed by atoms with Crippen molar-refractivity contribution in [3.8, 4) is 11.5 Å². The van der Waals surface area contributed by atoms with Crippen LogP contribution in [0.5, 0.6) is 11.5 Å². The van der Waals surface area contributed by atoms with Crippen molar-refractivity contribution in [1.82, 2.24) is 5.32 Å². The highest BCUT2D eigenvalue weighted by Crippen LogP contribution is 2.19. The largest absolute Gasteiger partial charge is 0.497 e. The summed E-state index contributed by atoms with van der Waals surface area (Å²) in [5.74, 6) is 1.83. The van der Waals surface area contributed by atoms with E-state index in [1.54, 1.807) is 7.11 Å². The van der Waals surface area contributed by atoms with Crippen LogP contribution in [0, 0.1) is 0 Å². The normalized spacial score (nSPS) is 10.5. The van der Waals surface area contributed by atoms with Gasteiger partial charge in [-0.2, -0.15) is 0 Å². The van der Waals surface area contributed by atoms with E-state index in [2.05, 4.69) is 41.7 Å². The monoisotopic (exact) mass is 347 g/mol. The molecule has 0 bridgehead atoms. The molecule has 0 heterocycles. The van der Waals surface area contributed by atoms with E-state index in [9.17, 15) is 0 Å². The van der Waals surface area contributed by atoms with E-state index in [-0.39, 0.29) is 0 Å². The Morgan fingerprint density at radius 1 is 0.769 bits per heavy atom. The van der Waals surface area contributed by atoms with Crippen molar-refractivity contribution in [1.29, 1.82) is 0 Å². The molecular weight excluding hydrogens is 322 g/mol. The highest BCUT2D eigenvalue weighted by Gasteiger charge is 2.03. The van der Waals surface area contributed by atoms with Crippen LogP contribution in [0.4, 0.5) is 0 Å². The first kappa shape index (κ1) is 18.0. The number of hydrogen-bond donors (Lipinski definition) is 1. The number of hydrogen-bond acceptors (Lipinski definition) is 3. The van der Waals surface area contributed by atoms with Crippen molar-refractivity contribution in [2.45, 2.75) is 19.6 Å². The molecule has 0 aliphatic carbocycles. The third-order valence-corrected chi connectivity index (χ3v) is 4.27. The van der Waals surface area contributed by atoms with Gasteiger partial charge in [0.15, 0.2) is 0 Å². The minimum Gasteiger partial charge on any atom is -0.497 e. The number of rotatable bonds is 9. The molecule has 3 aromatic carbocycles. The third kappa shape index (κ3) is 5.36. The predicted molar refractivity (Wildman–Crippen MR) is 106 cm³/mol. The van der Waals surface area contributed by atoms with E-state index in [1.165, 1.54) is 16.7 Å². The van der Waals surface area contributed by atoms with Gasteiger partial charge in [-0.1, -0.05) is 60.7 Å². The molecule has 26 heavy (non-hydrogen) atoms. The van der Waals surface area contributed by atoms with Gasteiger partial charge in [0.25, 0.3) is 0 Å². The van der Waals surface area contributed by atoms with Crippen LogP contribution in [-0.4, -0.2) is 13.7 Å². The Morgan fingerprint density at radius 3 is 2.27 bits per heavy atom. The van der Waals surface area contributed by atoms with Gasteiger partial charge in [0, 0.05) is 12.1 Å². The van der Waals surface area contributed by atoms with E-state index in [4.69, 9.17) is 9.47 Å². The molecule has 0 unspecified atom stereocenters. The van der Waals surface area contributed by atoms with E-state index in [0.29, 0.717) is 6.61 Å². The molecule has 0 saturated carbocycles. The fourth-order valence-corrected chi connectivity index (χ4v) is 2.77. The number of methoxy groups -OCH3 is 1. The molecule has 0 saturated heterocycles. The zero-order valence-electron chi connectivity index (χ0n) is 15.2. The summed E-state index contributed by atoms with van der Waals surface area (Å²) in [6.45, 7) is 2.30. The molecule has 0 atom stereocenters. The van der Waals surface area contributed by atoms with E-state index in [0.717, 1.165) is 31.0 Å². The first-order chi connectivity index (χ1) is 12.8. The van der Waals surface area contributed by atoms with Gasteiger partial charge >= 0.3 is 0 Å². The minimum absolute atomic E-state index is 0.587. The Morgan fingerprint density at radius 2 is 1.50 bits per heavy atom. The summed E-state index contributed by atoms with van der Waals surface area (Å²) in [6.07, 6.45) is 0.983. The van der Waals surface area contributed by atoms with Gasteiger partial charge in [-0.3, -0.25) is 0 Å². The highest BCUT2D eigenvalue weighted by atomic mass is 16.5. The third-order valence-electron chi connectivity index (χ3n) is 4.27. The van der Waals surface area contributed by atoms with Gasteiger partial charge in [0.05, 0.1) is 7.11 Å². The Bertz CT molecular complexity index is 785. The molecule has 3 rings (SSSR count). The number of ether oxygens (including phenoxy) is 2. The maximum absolute atomic E-state index is 6.01. The van der Waals surface area contributed by atoms with E-state index < -0.39 is 0 Å². The molecule has 134 valence electrons. The quantitative estimate of drug-likeness (QED) is 0.574. The number of benzene rings is 3. The molecule has 0 fully saturated rings. The van der Waals surface area contributed by atoms with Crippen molar-refractivity contribution in [3.05, 3.63) is 95.6 Å². The molecular formula is C23H25NO2. The summed E-state index contributed by atoms with van der Waals surface area (Å²) >= 11 is 0. The van der Waals surface area contributed by atoms with Crippen LogP contribution in [-0.2, 0) is 19.6 Å². The lowest BCUT2D eigenvalue weighted by molar-refractivity contribution is 0.302. The van der Waals surface area contributed by atoms with Gasteiger partial charge in [0.1, 0.15) is 18.1 Å². The molecule has 0 radical (unpaired) electrons. The summed E-state index contributed by atoms with van der Waals surface area (Å²) in [7, 11) is 1.69. The van der Waals surface area contributed by atoms with E-state index >= 15 is 0 Å². The first-order valence-corrected chi connectivity index (χ1v) is 8.93. The average Bonchev–Trinajstić information content (AvgIpc) is 2.71. The number of para-hydroxylation sites is 1. The van der Waals surface area contributed by atoms with Crippen LogP contribution >= 0.6 is 0 Å².